The molecule has 0 radical (unpaired) electrons. The van der Waals surface area contributed by atoms with Crippen LogP contribution in [0.3, 0.4) is 0 Å². The Morgan fingerprint density at radius 3 is 2.52 bits per heavy atom. The van der Waals surface area contributed by atoms with E-state index >= 15 is 0 Å². The van der Waals surface area contributed by atoms with Crippen molar-refractivity contribution in [2.24, 2.45) is 0 Å². The second-order valence-corrected chi connectivity index (χ2v) is 6.30. The minimum Gasteiger partial charge on any atom is -0.338 e. The molecule has 1 heterocycles. The highest BCUT2D eigenvalue weighted by molar-refractivity contribution is 5.91. The predicted molar refractivity (Wildman–Crippen MR) is 98.4 cm³/mol. The van der Waals surface area contributed by atoms with Crippen molar-refractivity contribution in [1.82, 2.24) is 9.80 Å². The Bertz CT molecular complexity index is 730. The highest BCUT2D eigenvalue weighted by atomic mass is 19.1. The van der Waals surface area contributed by atoms with E-state index < -0.39 is 0 Å². The molecule has 0 aromatic heterocycles. The fraction of sp³-hybridized carbons (Fsp3) is 0.286. The highest BCUT2D eigenvalue weighted by Crippen LogP contribution is 2.11. The molecular formula is C21H23FN2O. The fourth-order valence-corrected chi connectivity index (χ4v) is 3.07. The Labute approximate surface area is 148 Å². The van der Waals surface area contributed by atoms with Crippen molar-refractivity contribution in [3.05, 3.63) is 77.6 Å². The first kappa shape index (κ1) is 17.4. The number of carbonyl (C=O) groups is 1. The van der Waals surface area contributed by atoms with E-state index in [0.717, 1.165) is 32.6 Å². The van der Waals surface area contributed by atoms with Crippen LogP contribution in [0.5, 0.6) is 0 Å². The summed E-state index contributed by atoms with van der Waals surface area (Å²) in [6.07, 6.45) is 3.99. The molecule has 1 fully saturated rings. The highest BCUT2D eigenvalue weighted by Gasteiger charge is 2.17. The topological polar surface area (TPSA) is 23.6 Å². The van der Waals surface area contributed by atoms with Crippen molar-refractivity contribution in [3.8, 4) is 0 Å². The van der Waals surface area contributed by atoms with E-state index in [1.54, 1.807) is 24.3 Å². The largest absolute Gasteiger partial charge is 0.338 e. The number of benzene rings is 2. The molecule has 0 saturated carbocycles. The number of carbonyl (C=O) groups excluding carboxylic acids is 1. The SMILES string of the molecule is O=C(/C=C/c1ccccc1F)N1CCCN(Cc2ccccc2)CC1. The van der Waals surface area contributed by atoms with E-state index in [4.69, 9.17) is 0 Å². The number of amides is 1. The maximum absolute atomic E-state index is 13.6. The molecule has 0 N–H and O–H groups in total. The number of hydrogen-bond acceptors (Lipinski definition) is 2. The monoisotopic (exact) mass is 338 g/mol. The number of halogens is 1. The van der Waals surface area contributed by atoms with Crippen LogP contribution >= 0.6 is 0 Å². The Hall–Kier alpha value is -2.46. The Morgan fingerprint density at radius 2 is 1.72 bits per heavy atom. The molecule has 3 nitrogen and oxygen atoms in total. The summed E-state index contributed by atoms with van der Waals surface area (Å²) in [6.45, 7) is 4.19. The van der Waals surface area contributed by atoms with Gasteiger partial charge in [0, 0.05) is 44.4 Å². The lowest BCUT2D eigenvalue weighted by Crippen LogP contribution is -2.34. The molecule has 0 spiro atoms. The molecule has 1 aliphatic rings. The zero-order valence-electron chi connectivity index (χ0n) is 14.3. The molecule has 1 saturated heterocycles. The van der Waals surface area contributed by atoms with Crippen molar-refractivity contribution < 1.29 is 9.18 Å². The van der Waals surface area contributed by atoms with Crippen LogP contribution in [0.15, 0.2) is 60.7 Å². The number of nitrogens with zero attached hydrogens (tertiary/aromatic N) is 2. The van der Waals surface area contributed by atoms with Crippen LogP contribution in [-0.4, -0.2) is 41.9 Å². The first-order valence-electron chi connectivity index (χ1n) is 8.70. The quantitative estimate of drug-likeness (QED) is 0.796. The predicted octanol–water partition coefficient (Wildman–Crippen LogP) is 3.57. The zero-order chi connectivity index (χ0) is 17.5. The third-order valence-electron chi connectivity index (χ3n) is 4.46. The van der Waals surface area contributed by atoms with Crippen molar-refractivity contribution in [1.29, 1.82) is 0 Å². The zero-order valence-corrected chi connectivity index (χ0v) is 14.3. The molecule has 4 heteroatoms. The van der Waals surface area contributed by atoms with Gasteiger partial charge in [-0.05, 0) is 24.1 Å². The van der Waals surface area contributed by atoms with Crippen LogP contribution < -0.4 is 0 Å². The van der Waals surface area contributed by atoms with Gasteiger partial charge in [-0.2, -0.15) is 0 Å². The molecule has 130 valence electrons. The summed E-state index contributed by atoms with van der Waals surface area (Å²) in [5, 5.41) is 0. The smallest absolute Gasteiger partial charge is 0.246 e. The van der Waals surface area contributed by atoms with Gasteiger partial charge in [0.05, 0.1) is 0 Å². The van der Waals surface area contributed by atoms with E-state index in [1.807, 2.05) is 11.0 Å². The molecule has 1 aliphatic heterocycles. The van der Waals surface area contributed by atoms with Gasteiger partial charge in [0.2, 0.25) is 5.91 Å². The maximum atomic E-state index is 13.6. The second-order valence-electron chi connectivity index (χ2n) is 6.30. The summed E-state index contributed by atoms with van der Waals surface area (Å²) in [4.78, 5) is 16.6. The van der Waals surface area contributed by atoms with Crippen molar-refractivity contribution in [2.45, 2.75) is 13.0 Å². The van der Waals surface area contributed by atoms with Gasteiger partial charge in [0.15, 0.2) is 0 Å². The molecule has 2 aromatic carbocycles. The standard InChI is InChI=1S/C21H23FN2O/c22-20-10-5-4-9-19(20)11-12-21(25)24-14-6-13-23(15-16-24)17-18-7-2-1-3-8-18/h1-5,7-12H,6,13-17H2/b12-11+. The lowest BCUT2D eigenvalue weighted by atomic mass is 10.2. The summed E-state index contributed by atoms with van der Waals surface area (Å²) in [7, 11) is 0. The summed E-state index contributed by atoms with van der Waals surface area (Å²) in [6, 6.07) is 16.9. The Kier molecular flexibility index (Phi) is 5.96. The van der Waals surface area contributed by atoms with Crippen LogP contribution in [0.2, 0.25) is 0 Å². The maximum Gasteiger partial charge on any atom is 0.246 e. The molecule has 0 unspecified atom stereocenters. The van der Waals surface area contributed by atoms with Crippen molar-refractivity contribution >= 4 is 12.0 Å². The average Bonchev–Trinajstić information content (AvgIpc) is 2.87. The molecule has 1 amide bonds. The van der Waals surface area contributed by atoms with Crippen LogP contribution in [0.1, 0.15) is 17.5 Å². The van der Waals surface area contributed by atoms with Gasteiger partial charge in [-0.25, -0.2) is 4.39 Å². The first-order chi connectivity index (χ1) is 12.2. The summed E-state index contributed by atoms with van der Waals surface area (Å²) in [5.41, 5.74) is 1.73. The summed E-state index contributed by atoms with van der Waals surface area (Å²) in [5.74, 6) is -0.360. The van der Waals surface area contributed by atoms with Gasteiger partial charge < -0.3 is 4.90 Å². The third kappa shape index (κ3) is 5.00. The van der Waals surface area contributed by atoms with Gasteiger partial charge in [0.1, 0.15) is 5.82 Å². The first-order valence-corrected chi connectivity index (χ1v) is 8.70. The van der Waals surface area contributed by atoms with Crippen LogP contribution in [0.4, 0.5) is 4.39 Å². The minimum atomic E-state index is -0.309. The molecule has 3 rings (SSSR count). The summed E-state index contributed by atoms with van der Waals surface area (Å²) < 4.78 is 13.6. The normalized spacial score (nSPS) is 16.1. The summed E-state index contributed by atoms with van der Waals surface area (Å²) >= 11 is 0. The van der Waals surface area contributed by atoms with Gasteiger partial charge in [-0.3, -0.25) is 9.69 Å². The molecule has 0 aliphatic carbocycles. The lowest BCUT2D eigenvalue weighted by molar-refractivity contribution is -0.125. The molecular weight excluding hydrogens is 315 g/mol. The van der Waals surface area contributed by atoms with E-state index in [1.165, 1.54) is 17.7 Å². The van der Waals surface area contributed by atoms with E-state index in [0.29, 0.717) is 12.1 Å². The van der Waals surface area contributed by atoms with Gasteiger partial charge in [-0.15, -0.1) is 0 Å². The van der Waals surface area contributed by atoms with Crippen molar-refractivity contribution in [2.75, 3.05) is 26.2 Å². The fourth-order valence-electron chi connectivity index (χ4n) is 3.07. The molecule has 0 bridgehead atoms. The van der Waals surface area contributed by atoms with E-state index in [2.05, 4.69) is 29.2 Å². The van der Waals surface area contributed by atoms with Gasteiger partial charge in [-0.1, -0.05) is 48.5 Å². The van der Waals surface area contributed by atoms with Crippen LogP contribution in [0, 0.1) is 5.82 Å². The second kappa shape index (κ2) is 8.58. The van der Waals surface area contributed by atoms with E-state index in [-0.39, 0.29) is 11.7 Å². The molecule has 2 aromatic rings. The Morgan fingerprint density at radius 1 is 0.960 bits per heavy atom. The molecule has 0 atom stereocenters. The molecule has 25 heavy (non-hydrogen) atoms. The minimum absolute atomic E-state index is 0.0511. The third-order valence-corrected chi connectivity index (χ3v) is 4.46. The Balaban J connectivity index is 1.55. The van der Waals surface area contributed by atoms with E-state index in [9.17, 15) is 9.18 Å². The number of rotatable bonds is 4. The average molecular weight is 338 g/mol. The number of hydrogen-bond donors (Lipinski definition) is 0. The van der Waals surface area contributed by atoms with Gasteiger partial charge in [0.25, 0.3) is 0 Å². The van der Waals surface area contributed by atoms with Gasteiger partial charge >= 0.3 is 0 Å². The van der Waals surface area contributed by atoms with Crippen molar-refractivity contribution in [3.63, 3.8) is 0 Å². The van der Waals surface area contributed by atoms with Crippen LogP contribution in [-0.2, 0) is 11.3 Å². The lowest BCUT2D eigenvalue weighted by Gasteiger charge is -2.21. The van der Waals surface area contributed by atoms with Crippen LogP contribution in [0.25, 0.3) is 6.08 Å².